The average Bonchev–Trinajstić information content (AvgIpc) is 2.25. The second-order valence-corrected chi connectivity index (χ2v) is 3.80. The molecule has 2 N–H and O–H groups in total. The van der Waals surface area contributed by atoms with Gasteiger partial charge in [0.1, 0.15) is 12.2 Å². The number of nitrogens with one attached hydrogen (secondary N) is 1. The maximum atomic E-state index is 10.9. The molecule has 0 bridgehead atoms. The van der Waals surface area contributed by atoms with Crippen molar-refractivity contribution in [1.29, 1.82) is 5.26 Å². The Morgan fingerprint density at radius 1 is 1.59 bits per heavy atom. The maximum absolute atomic E-state index is 10.9. The number of carbonyl (C=O) groups is 1. The van der Waals surface area contributed by atoms with Crippen molar-refractivity contribution in [3.63, 3.8) is 0 Å². The molecule has 0 unspecified atom stereocenters. The molecule has 0 radical (unpaired) electrons. The van der Waals surface area contributed by atoms with Gasteiger partial charge in [-0.1, -0.05) is 23.2 Å². The number of carbonyl (C=O) groups excluding carboxylic acids is 1. The maximum Gasteiger partial charge on any atom is 0.254 e. The zero-order valence-electron chi connectivity index (χ0n) is 8.44. The van der Waals surface area contributed by atoms with Crippen LogP contribution in [-0.2, 0) is 4.79 Å². The van der Waals surface area contributed by atoms with Gasteiger partial charge in [-0.2, -0.15) is 10.4 Å². The van der Waals surface area contributed by atoms with Crippen molar-refractivity contribution in [1.82, 2.24) is 5.43 Å². The van der Waals surface area contributed by atoms with Crippen molar-refractivity contribution in [3.8, 4) is 11.8 Å². The van der Waals surface area contributed by atoms with E-state index in [9.17, 15) is 9.90 Å². The number of phenolic OH excluding ortho intramolecular Hbond substituents is 1. The van der Waals surface area contributed by atoms with Crippen LogP contribution >= 0.6 is 23.2 Å². The van der Waals surface area contributed by atoms with Crippen LogP contribution in [0, 0.1) is 11.3 Å². The second-order valence-electron chi connectivity index (χ2n) is 2.95. The molecule has 0 heterocycles. The molecule has 1 amide bonds. The van der Waals surface area contributed by atoms with E-state index in [2.05, 4.69) is 10.5 Å². The highest BCUT2D eigenvalue weighted by Gasteiger charge is 2.06. The van der Waals surface area contributed by atoms with Crippen molar-refractivity contribution >= 4 is 35.3 Å². The minimum absolute atomic E-state index is 0.0855. The van der Waals surface area contributed by atoms with Crippen LogP contribution in [0.3, 0.4) is 0 Å². The molecule has 0 atom stereocenters. The van der Waals surface area contributed by atoms with Crippen molar-refractivity contribution in [2.75, 3.05) is 0 Å². The average molecular weight is 272 g/mol. The molecule has 1 aromatic rings. The number of hydrazone groups is 1. The third-order valence-corrected chi connectivity index (χ3v) is 2.20. The van der Waals surface area contributed by atoms with Crippen molar-refractivity contribution in [3.05, 3.63) is 27.7 Å². The fraction of sp³-hybridized carbons (Fsp3) is 0.100. The summed E-state index contributed by atoms with van der Waals surface area (Å²) in [6, 6.07) is 4.48. The first kappa shape index (κ1) is 13.3. The van der Waals surface area contributed by atoms with Crippen LogP contribution in [0.15, 0.2) is 17.2 Å². The number of nitrogens with zero attached hydrogens (tertiary/aromatic N) is 2. The van der Waals surface area contributed by atoms with E-state index >= 15 is 0 Å². The lowest BCUT2D eigenvalue weighted by Crippen LogP contribution is -2.16. The number of phenols is 1. The Bertz CT molecular complexity index is 509. The highest BCUT2D eigenvalue weighted by molar-refractivity contribution is 6.36. The zero-order valence-corrected chi connectivity index (χ0v) is 9.96. The predicted octanol–water partition coefficient (Wildman–Crippen LogP) is 2.06. The van der Waals surface area contributed by atoms with E-state index in [0.29, 0.717) is 5.02 Å². The molecule has 0 aliphatic heterocycles. The van der Waals surface area contributed by atoms with E-state index in [1.165, 1.54) is 18.3 Å². The van der Waals surface area contributed by atoms with Crippen LogP contribution in [0.25, 0.3) is 0 Å². The highest BCUT2D eigenvalue weighted by atomic mass is 35.5. The van der Waals surface area contributed by atoms with Crippen molar-refractivity contribution < 1.29 is 9.90 Å². The molecule has 0 fully saturated rings. The summed E-state index contributed by atoms with van der Waals surface area (Å²) in [4.78, 5) is 10.9. The van der Waals surface area contributed by atoms with Gasteiger partial charge in [-0.15, -0.1) is 0 Å². The van der Waals surface area contributed by atoms with Gasteiger partial charge in [0.15, 0.2) is 0 Å². The van der Waals surface area contributed by atoms with Gasteiger partial charge < -0.3 is 5.11 Å². The Morgan fingerprint density at radius 3 is 2.94 bits per heavy atom. The molecule has 1 rings (SSSR count). The zero-order chi connectivity index (χ0) is 12.8. The third-order valence-electron chi connectivity index (χ3n) is 1.69. The molecular weight excluding hydrogens is 265 g/mol. The first-order valence-corrected chi connectivity index (χ1v) is 5.17. The van der Waals surface area contributed by atoms with Gasteiger partial charge in [0, 0.05) is 10.6 Å². The van der Waals surface area contributed by atoms with Gasteiger partial charge in [-0.05, 0) is 12.1 Å². The molecule has 1 aromatic carbocycles. The van der Waals surface area contributed by atoms with Crippen LogP contribution in [0.1, 0.15) is 12.0 Å². The lowest BCUT2D eigenvalue weighted by Gasteiger charge is -2.02. The molecule has 0 aliphatic rings. The van der Waals surface area contributed by atoms with E-state index in [0.717, 1.165) is 0 Å². The summed E-state index contributed by atoms with van der Waals surface area (Å²) in [5.74, 6) is -0.731. The Labute approximate surface area is 107 Å². The molecule has 0 saturated heterocycles. The van der Waals surface area contributed by atoms with Crippen LogP contribution in [0.5, 0.6) is 5.75 Å². The van der Waals surface area contributed by atoms with Crippen LogP contribution in [0.4, 0.5) is 0 Å². The summed E-state index contributed by atoms with van der Waals surface area (Å²) >= 11 is 11.4. The molecule has 0 aliphatic carbocycles. The number of hydrogen-bond donors (Lipinski definition) is 2. The van der Waals surface area contributed by atoms with Crippen molar-refractivity contribution in [2.45, 2.75) is 6.42 Å². The van der Waals surface area contributed by atoms with Crippen LogP contribution in [0.2, 0.25) is 10.0 Å². The molecule has 7 heteroatoms. The number of hydrogen-bond acceptors (Lipinski definition) is 4. The summed E-state index contributed by atoms with van der Waals surface area (Å²) in [5, 5.41) is 21.7. The Morgan fingerprint density at radius 2 is 2.29 bits per heavy atom. The Balaban J connectivity index is 2.79. The number of rotatable bonds is 3. The summed E-state index contributed by atoms with van der Waals surface area (Å²) in [6.45, 7) is 0. The fourth-order valence-corrected chi connectivity index (χ4v) is 1.48. The van der Waals surface area contributed by atoms with Crippen LogP contribution in [-0.4, -0.2) is 17.2 Å². The first-order valence-electron chi connectivity index (χ1n) is 4.41. The molecule has 0 saturated carbocycles. The molecule has 5 nitrogen and oxygen atoms in total. The molecular formula is C10H7Cl2N3O2. The predicted molar refractivity (Wildman–Crippen MR) is 64.1 cm³/mol. The van der Waals surface area contributed by atoms with Gasteiger partial charge in [0.05, 0.1) is 17.3 Å². The number of nitriles is 1. The smallest absolute Gasteiger partial charge is 0.254 e. The minimum Gasteiger partial charge on any atom is -0.506 e. The fourth-order valence-electron chi connectivity index (χ4n) is 0.969. The van der Waals surface area contributed by atoms with Gasteiger partial charge in [0.25, 0.3) is 5.91 Å². The second kappa shape index (κ2) is 6.09. The summed E-state index contributed by atoms with van der Waals surface area (Å²) < 4.78 is 0. The van der Waals surface area contributed by atoms with E-state index < -0.39 is 5.91 Å². The van der Waals surface area contributed by atoms with Crippen LogP contribution < -0.4 is 5.43 Å². The first-order chi connectivity index (χ1) is 8.04. The summed E-state index contributed by atoms with van der Waals surface area (Å²) in [6.07, 6.45) is 0.891. The number of aromatic hydroxyl groups is 1. The van der Waals surface area contributed by atoms with E-state index in [-0.39, 0.29) is 22.8 Å². The monoisotopic (exact) mass is 271 g/mol. The standard InChI is InChI=1S/C10H7Cl2N3O2/c11-7-3-6(10(17)8(12)4-7)5-14-15-9(16)1-2-13/h3-5,17H,1H2,(H,15,16)/b14-5+. The van der Waals surface area contributed by atoms with E-state index in [1.807, 2.05) is 0 Å². The number of halogens is 2. The molecule has 17 heavy (non-hydrogen) atoms. The van der Waals surface area contributed by atoms with E-state index in [1.54, 1.807) is 6.07 Å². The Kier molecular flexibility index (Phi) is 4.76. The lowest BCUT2D eigenvalue weighted by molar-refractivity contribution is -0.120. The Hall–Kier alpha value is -1.77. The normalized spacial score (nSPS) is 10.2. The lowest BCUT2D eigenvalue weighted by atomic mass is 10.2. The van der Waals surface area contributed by atoms with Gasteiger partial charge in [0.2, 0.25) is 0 Å². The third kappa shape index (κ3) is 3.94. The summed E-state index contributed by atoms with van der Waals surface area (Å²) in [5.41, 5.74) is 2.37. The van der Waals surface area contributed by atoms with Gasteiger partial charge in [-0.25, -0.2) is 5.43 Å². The minimum atomic E-state index is -0.545. The summed E-state index contributed by atoms with van der Waals surface area (Å²) in [7, 11) is 0. The largest absolute Gasteiger partial charge is 0.506 e. The molecule has 88 valence electrons. The number of benzene rings is 1. The SMILES string of the molecule is N#CCC(=O)N/N=C/c1cc(Cl)cc(Cl)c1O. The van der Waals surface area contributed by atoms with Gasteiger partial charge >= 0.3 is 0 Å². The van der Waals surface area contributed by atoms with E-state index in [4.69, 9.17) is 28.5 Å². The molecule has 0 spiro atoms. The van der Waals surface area contributed by atoms with Gasteiger partial charge in [-0.3, -0.25) is 4.79 Å². The molecule has 0 aromatic heterocycles. The topological polar surface area (TPSA) is 85.5 Å². The highest BCUT2D eigenvalue weighted by Crippen LogP contribution is 2.29. The quantitative estimate of drug-likeness (QED) is 0.652. The number of amides is 1. The van der Waals surface area contributed by atoms with Crippen molar-refractivity contribution in [2.24, 2.45) is 5.10 Å².